The second kappa shape index (κ2) is 7.40. The maximum atomic E-state index is 13.2. The van der Waals surface area contributed by atoms with Crippen molar-refractivity contribution in [2.75, 3.05) is 33.0 Å². The lowest BCUT2D eigenvalue weighted by Gasteiger charge is -2.38. The maximum Gasteiger partial charge on any atom is 0.254 e. The number of hydrogen-bond donors (Lipinski definition) is 0. The third-order valence-electron chi connectivity index (χ3n) is 4.82. The number of piperidine rings is 1. The lowest BCUT2D eigenvalue weighted by molar-refractivity contribution is -0.100. The molecule has 7 heteroatoms. The molecule has 0 radical (unpaired) electrons. The van der Waals surface area contributed by atoms with Gasteiger partial charge in [-0.2, -0.15) is 0 Å². The molecule has 136 valence electrons. The molecule has 6 nitrogen and oxygen atoms in total. The zero-order valence-corrected chi connectivity index (χ0v) is 14.8. The van der Waals surface area contributed by atoms with Crippen LogP contribution in [0.3, 0.4) is 0 Å². The minimum absolute atomic E-state index is 0.0569. The predicted molar refractivity (Wildman–Crippen MR) is 91.4 cm³/mol. The summed E-state index contributed by atoms with van der Waals surface area (Å²) in [6.07, 6.45) is 3.39. The Labute approximate surface area is 151 Å². The molecule has 0 aromatic heterocycles. The van der Waals surface area contributed by atoms with E-state index in [-0.39, 0.29) is 18.2 Å². The minimum atomic E-state index is -0.333. The van der Waals surface area contributed by atoms with E-state index in [1.54, 1.807) is 12.1 Å². The Morgan fingerprint density at radius 3 is 2.68 bits per heavy atom. The number of nitrogens with zero attached hydrogens (tertiary/aromatic N) is 1. The van der Waals surface area contributed by atoms with Gasteiger partial charge in [-0.3, -0.25) is 4.79 Å². The van der Waals surface area contributed by atoms with Gasteiger partial charge in [0.15, 0.2) is 17.8 Å². The first-order valence-electron chi connectivity index (χ1n) is 8.87. The van der Waals surface area contributed by atoms with Crippen LogP contribution in [0.5, 0.6) is 11.5 Å². The lowest BCUT2D eigenvalue weighted by atomic mass is 10.00. The van der Waals surface area contributed by atoms with E-state index in [9.17, 15) is 4.79 Å². The van der Waals surface area contributed by atoms with Crippen molar-refractivity contribution in [2.24, 2.45) is 0 Å². The monoisotopic (exact) mass is 367 g/mol. The minimum Gasteiger partial charge on any atom is -0.489 e. The normalized spacial score (nSPS) is 24.2. The molecule has 1 aromatic rings. The van der Waals surface area contributed by atoms with Crippen LogP contribution in [0.25, 0.3) is 0 Å². The van der Waals surface area contributed by atoms with E-state index in [4.69, 9.17) is 30.5 Å². The second-order valence-corrected chi connectivity index (χ2v) is 6.91. The van der Waals surface area contributed by atoms with Crippen LogP contribution in [0, 0.1) is 0 Å². The summed E-state index contributed by atoms with van der Waals surface area (Å²) in [4.78, 5) is 15.0. The van der Waals surface area contributed by atoms with Gasteiger partial charge in [0.05, 0.1) is 37.5 Å². The van der Waals surface area contributed by atoms with E-state index in [1.807, 2.05) is 4.90 Å². The highest BCUT2D eigenvalue weighted by atomic mass is 35.5. The molecule has 4 rings (SSSR count). The van der Waals surface area contributed by atoms with Gasteiger partial charge in [-0.15, -0.1) is 0 Å². The Balaban J connectivity index is 1.60. The second-order valence-electron chi connectivity index (χ2n) is 6.51. The van der Waals surface area contributed by atoms with Gasteiger partial charge in [0.2, 0.25) is 0 Å². The van der Waals surface area contributed by atoms with Crippen LogP contribution in [0.2, 0.25) is 5.02 Å². The van der Waals surface area contributed by atoms with Gasteiger partial charge in [0.1, 0.15) is 0 Å². The number of halogens is 1. The van der Waals surface area contributed by atoms with Crippen molar-refractivity contribution in [1.82, 2.24) is 4.90 Å². The van der Waals surface area contributed by atoms with Crippen LogP contribution in [0.1, 0.15) is 36.0 Å². The van der Waals surface area contributed by atoms with Crippen LogP contribution in [-0.4, -0.2) is 56.1 Å². The average molecular weight is 368 g/mol. The molecule has 3 aliphatic rings. The molecule has 3 heterocycles. The Morgan fingerprint density at radius 2 is 1.84 bits per heavy atom. The van der Waals surface area contributed by atoms with Gasteiger partial charge >= 0.3 is 0 Å². The van der Waals surface area contributed by atoms with Crippen LogP contribution in [0.15, 0.2) is 12.1 Å². The summed E-state index contributed by atoms with van der Waals surface area (Å²) in [6.45, 7) is 2.97. The van der Waals surface area contributed by atoms with Gasteiger partial charge < -0.3 is 23.8 Å². The van der Waals surface area contributed by atoms with Gasteiger partial charge in [-0.1, -0.05) is 11.6 Å². The largest absolute Gasteiger partial charge is 0.489 e. The molecule has 25 heavy (non-hydrogen) atoms. The number of amides is 1. The summed E-state index contributed by atoms with van der Waals surface area (Å²) < 4.78 is 22.6. The molecular weight excluding hydrogens is 346 g/mol. The standard InChI is InChI=1S/C18H22ClNO5/c19-13-10-12(11-15-16(13)23-7-3-6-22-15)17(21)20-5-2-1-4-14(20)18-24-8-9-25-18/h10-11,14,18H,1-9H2. The number of ether oxygens (including phenoxy) is 4. The van der Waals surface area contributed by atoms with Crippen LogP contribution < -0.4 is 9.47 Å². The van der Waals surface area contributed by atoms with Crippen molar-refractivity contribution >= 4 is 17.5 Å². The maximum absolute atomic E-state index is 13.2. The Bertz CT molecular complexity index is 647. The van der Waals surface area contributed by atoms with Crippen molar-refractivity contribution in [3.63, 3.8) is 0 Å². The third kappa shape index (κ3) is 3.43. The predicted octanol–water partition coefficient (Wildman–Crippen LogP) is 2.87. The molecule has 0 aliphatic carbocycles. The molecule has 3 aliphatic heterocycles. The molecule has 0 saturated carbocycles. The number of hydrogen-bond acceptors (Lipinski definition) is 5. The van der Waals surface area contributed by atoms with Crippen LogP contribution >= 0.6 is 11.6 Å². The summed E-state index contributed by atoms with van der Waals surface area (Å²) in [6, 6.07) is 3.34. The summed E-state index contributed by atoms with van der Waals surface area (Å²) in [5.41, 5.74) is 0.513. The highest BCUT2D eigenvalue weighted by molar-refractivity contribution is 6.32. The number of carbonyl (C=O) groups is 1. The van der Waals surface area contributed by atoms with E-state index < -0.39 is 0 Å². The van der Waals surface area contributed by atoms with Crippen molar-refractivity contribution < 1.29 is 23.7 Å². The number of rotatable bonds is 2. The summed E-state index contributed by atoms with van der Waals surface area (Å²) in [5, 5.41) is 0.407. The summed E-state index contributed by atoms with van der Waals surface area (Å²) >= 11 is 6.34. The molecule has 1 aromatic carbocycles. The van der Waals surface area contributed by atoms with Gasteiger partial charge in [-0.25, -0.2) is 0 Å². The molecule has 0 bridgehead atoms. The molecule has 1 atom stereocenters. The van der Waals surface area contributed by atoms with E-state index in [0.717, 1.165) is 25.7 Å². The first kappa shape index (κ1) is 16.9. The Morgan fingerprint density at radius 1 is 1.04 bits per heavy atom. The fourth-order valence-electron chi connectivity index (χ4n) is 3.61. The highest BCUT2D eigenvalue weighted by Crippen LogP contribution is 2.38. The number of benzene rings is 1. The molecule has 2 fully saturated rings. The molecule has 0 spiro atoms. The van der Waals surface area contributed by atoms with Crippen molar-refractivity contribution in [3.05, 3.63) is 22.7 Å². The molecule has 2 saturated heterocycles. The Kier molecular flexibility index (Phi) is 5.01. The van der Waals surface area contributed by atoms with E-state index in [2.05, 4.69) is 0 Å². The Hall–Kier alpha value is -1.50. The zero-order valence-electron chi connectivity index (χ0n) is 14.0. The zero-order chi connectivity index (χ0) is 17.2. The molecule has 0 N–H and O–H groups in total. The molecule has 1 amide bonds. The fourth-order valence-corrected chi connectivity index (χ4v) is 3.88. The highest BCUT2D eigenvalue weighted by Gasteiger charge is 2.37. The number of likely N-dealkylation sites (tertiary alicyclic amines) is 1. The van der Waals surface area contributed by atoms with Crippen LogP contribution in [-0.2, 0) is 9.47 Å². The SMILES string of the molecule is O=C(c1cc(Cl)c2c(c1)OCCCO2)N1CCCCC1C1OCCO1. The summed E-state index contributed by atoms with van der Waals surface area (Å²) in [7, 11) is 0. The van der Waals surface area contributed by atoms with Gasteiger partial charge in [0, 0.05) is 18.5 Å². The first-order valence-corrected chi connectivity index (χ1v) is 9.25. The smallest absolute Gasteiger partial charge is 0.254 e. The van der Waals surface area contributed by atoms with Crippen molar-refractivity contribution in [3.8, 4) is 11.5 Å². The van der Waals surface area contributed by atoms with E-state index >= 15 is 0 Å². The van der Waals surface area contributed by atoms with Crippen LogP contribution in [0.4, 0.5) is 0 Å². The number of fused-ring (bicyclic) bond motifs is 1. The first-order chi connectivity index (χ1) is 12.2. The van der Waals surface area contributed by atoms with Crippen molar-refractivity contribution in [1.29, 1.82) is 0 Å². The topological polar surface area (TPSA) is 57.2 Å². The van der Waals surface area contributed by atoms with Gasteiger partial charge in [0.25, 0.3) is 5.91 Å². The van der Waals surface area contributed by atoms with E-state index in [0.29, 0.717) is 55.1 Å². The summed E-state index contributed by atoms with van der Waals surface area (Å²) in [5.74, 6) is 0.991. The number of carbonyl (C=O) groups excluding carboxylic acids is 1. The molecular formula is C18H22ClNO5. The third-order valence-corrected chi connectivity index (χ3v) is 5.10. The average Bonchev–Trinajstić information content (AvgIpc) is 3.06. The van der Waals surface area contributed by atoms with Crippen molar-refractivity contribution in [2.45, 2.75) is 38.0 Å². The van der Waals surface area contributed by atoms with E-state index in [1.165, 1.54) is 0 Å². The molecule has 1 unspecified atom stereocenters. The quantitative estimate of drug-likeness (QED) is 0.804. The van der Waals surface area contributed by atoms with Gasteiger partial charge in [-0.05, 0) is 31.4 Å². The lowest BCUT2D eigenvalue weighted by Crippen LogP contribution is -2.50. The fraction of sp³-hybridized carbons (Fsp3) is 0.611.